The van der Waals surface area contributed by atoms with E-state index in [-0.39, 0.29) is 11.3 Å². The lowest BCUT2D eigenvalue weighted by Gasteiger charge is -2.39. The Kier molecular flexibility index (Phi) is 7.17. The fourth-order valence-corrected chi connectivity index (χ4v) is 7.18. The molecule has 0 radical (unpaired) electrons. The zero-order valence-corrected chi connectivity index (χ0v) is 22.7. The van der Waals surface area contributed by atoms with Gasteiger partial charge in [-0.25, -0.2) is 0 Å². The molecule has 3 saturated heterocycles. The summed E-state index contributed by atoms with van der Waals surface area (Å²) in [5.74, 6) is 2.66. The van der Waals surface area contributed by atoms with Crippen molar-refractivity contribution in [2.45, 2.75) is 51.0 Å². The van der Waals surface area contributed by atoms with E-state index in [1.807, 2.05) is 12.1 Å². The van der Waals surface area contributed by atoms with Crippen LogP contribution in [0.4, 0.5) is 0 Å². The molecule has 3 aliphatic heterocycles. The predicted molar refractivity (Wildman–Crippen MR) is 148 cm³/mol. The number of likely N-dealkylation sites (tertiary alicyclic amines) is 3. The summed E-state index contributed by atoms with van der Waals surface area (Å²) in [5, 5.41) is 0. The largest absolute Gasteiger partial charge is 0.497 e. The number of hydrogen-bond acceptors (Lipinski definition) is 4. The topological polar surface area (TPSA) is 53.1 Å². The van der Waals surface area contributed by atoms with Crippen LogP contribution in [-0.2, 0) is 16.1 Å². The van der Waals surface area contributed by atoms with Gasteiger partial charge in [0, 0.05) is 44.6 Å². The average Bonchev–Trinajstić information content (AvgIpc) is 3.47. The molecule has 2 atom stereocenters. The van der Waals surface area contributed by atoms with Crippen molar-refractivity contribution in [3.05, 3.63) is 65.7 Å². The van der Waals surface area contributed by atoms with Crippen LogP contribution < -0.4 is 4.74 Å². The van der Waals surface area contributed by atoms with Gasteiger partial charge < -0.3 is 19.4 Å². The molecular weight excluding hydrogens is 474 g/mol. The quantitative estimate of drug-likeness (QED) is 0.543. The van der Waals surface area contributed by atoms with E-state index < -0.39 is 0 Å². The van der Waals surface area contributed by atoms with E-state index >= 15 is 0 Å². The Labute approximate surface area is 226 Å². The molecular formula is C32H41N3O3. The highest BCUT2D eigenvalue weighted by molar-refractivity contribution is 5.85. The molecule has 1 saturated carbocycles. The maximum Gasteiger partial charge on any atom is 0.229 e. The number of methoxy groups -OCH3 is 1. The van der Waals surface area contributed by atoms with Gasteiger partial charge >= 0.3 is 0 Å². The van der Waals surface area contributed by atoms with Crippen LogP contribution in [0.1, 0.15) is 55.6 Å². The van der Waals surface area contributed by atoms with Crippen molar-refractivity contribution in [3.63, 3.8) is 0 Å². The monoisotopic (exact) mass is 515 g/mol. The lowest BCUT2D eigenvalue weighted by Crippen LogP contribution is -2.46. The van der Waals surface area contributed by atoms with E-state index in [0.29, 0.717) is 30.2 Å². The minimum absolute atomic E-state index is 0.191. The highest BCUT2D eigenvalue weighted by atomic mass is 16.5. The van der Waals surface area contributed by atoms with Gasteiger partial charge in [0.15, 0.2) is 0 Å². The first-order valence-electron chi connectivity index (χ1n) is 14.5. The van der Waals surface area contributed by atoms with E-state index in [0.717, 1.165) is 82.7 Å². The van der Waals surface area contributed by atoms with Gasteiger partial charge in [-0.15, -0.1) is 0 Å². The molecule has 4 fully saturated rings. The molecule has 1 spiro atoms. The fraction of sp³-hybridized carbons (Fsp3) is 0.562. The summed E-state index contributed by atoms with van der Waals surface area (Å²) >= 11 is 0. The lowest BCUT2D eigenvalue weighted by atomic mass is 9.76. The highest BCUT2D eigenvalue weighted by Crippen LogP contribution is 2.43. The standard InChI is InChI=1S/C32H41N3O3/c1-38-28-12-10-24(11-13-28)20-34-19-16-32(31(34)37)14-17-33(18-15-32)21-27-22-35(30(36)26-8-5-9-26)23-29(27)25-6-3-2-4-7-25/h2-4,6-7,10-13,26-27,29H,5,8-9,14-23H2,1H3. The van der Waals surface area contributed by atoms with Gasteiger partial charge in [-0.1, -0.05) is 48.9 Å². The second-order valence-electron chi connectivity index (χ2n) is 12.1. The van der Waals surface area contributed by atoms with Crippen LogP contribution in [-0.4, -0.2) is 72.9 Å². The molecule has 2 unspecified atom stereocenters. The molecule has 2 aromatic carbocycles. The normalized spacial score (nSPS) is 25.7. The first-order chi connectivity index (χ1) is 18.5. The Hall–Kier alpha value is -2.86. The molecule has 3 heterocycles. The van der Waals surface area contributed by atoms with Crippen LogP contribution in [0.25, 0.3) is 0 Å². The van der Waals surface area contributed by atoms with E-state index in [4.69, 9.17) is 4.74 Å². The molecule has 202 valence electrons. The number of carbonyl (C=O) groups is 2. The summed E-state index contributed by atoms with van der Waals surface area (Å²) in [4.78, 5) is 33.5. The fourth-order valence-electron chi connectivity index (χ4n) is 7.18. The highest BCUT2D eigenvalue weighted by Gasteiger charge is 2.48. The van der Waals surface area contributed by atoms with Gasteiger partial charge in [0.05, 0.1) is 12.5 Å². The Morgan fingerprint density at radius 2 is 1.66 bits per heavy atom. The maximum atomic E-state index is 13.6. The second kappa shape index (κ2) is 10.7. The van der Waals surface area contributed by atoms with Crippen LogP contribution in [0.3, 0.4) is 0 Å². The molecule has 1 aliphatic carbocycles. The molecule has 4 aliphatic rings. The van der Waals surface area contributed by atoms with Gasteiger partial charge in [-0.3, -0.25) is 9.59 Å². The van der Waals surface area contributed by atoms with Crippen LogP contribution in [0.2, 0.25) is 0 Å². The van der Waals surface area contributed by atoms with E-state index in [1.165, 1.54) is 12.0 Å². The average molecular weight is 516 g/mol. The third-order valence-corrected chi connectivity index (χ3v) is 9.87. The third kappa shape index (κ3) is 4.95. The third-order valence-electron chi connectivity index (χ3n) is 9.87. The molecule has 6 rings (SSSR count). The second-order valence-corrected chi connectivity index (χ2v) is 12.1. The van der Waals surface area contributed by atoms with Gasteiger partial charge in [0.2, 0.25) is 11.8 Å². The zero-order chi connectivity index (χ0) is 26.1. The summed E-state index contributed by atoms with van der Waals surface area (Å²) in [5.41, 5.74) is 2.32. The van der Waals surface area contributed by atoms with Crippen molar-refractivity contribution in [2.75, 3.05) is 46.4 Å². The molecule has 6 heteroatoms. The number of ether oxygens (including phenoxy) is 1. The number of hydrogen-bond donors (Lipinski definition) is 0. The van der Waals surface area contributed by atoms with Crippen molar-refractivity contribution >= 4 is 11.8 Å². The van der Waals surface area contributed by atoms with Gasteiger partial charge in [-0.2, -0.15) is 0 Å². The summed E-state index contributed by atoms with van der Waals surface area (Å²) in [6.07, 6.45) is 6.18. The Balaban J connectivity index is 1.07. The van der Waals surface area contributed by atoms with Gasteiger partial charge in [0.25, 0.3) is 0 Å². The number of nitrogens with zero attached hydrogens (tertiary/aromatic N) is 3. The van der Waals surface area contributed by atoms with Crippen LogP contribution in [0.15, 0.2) is 54.6 Å². The van der Waals surface area contributed by atoms with Crippen molar-refractivity contribution in [1.82, 2.24) is 14.7 Å². The maximum absolute atomic E-state index is 13.6. The molecule has 0 bridgehead atoms. The molecule has 38 heavy (non-hydrogen) atoms. The summed E-state index contributed by atoms with van der Waals surface area (Å²) in [7, 11) is 1.68. The molecule has 2 amide bonds. The molecule has 2 aromatic rings. The van der Waals surface area contributed by atoms with E-state index in [2.05, 4.69) is 57.2 Å². The van der Waals surface area contributed by atoms with Crippen LogP contribution >= 0.6 is 0 Å². The Morgan fingerprint density at radius 1 is 0.947 bits per heavy atom. The predicted octanol–water partition coefficient (Wildman–Crippen LogP) is 4.55. The van der Waals surface area contributed by atoms with Crippen LogP contribution in [0, 0.1) is 17.3 Å². The van der Waals surface area contributed by atoms with E-state index in [9.17, 15) is 9.59 Å². The number of rotatable bonds is 7. The molecule has 0 N–H and O–H groups in total. The number of carbonyl (C=O) groups excluding carboxylic acids is 2. The van der Waals surface area contributed by atoms with Crippen molar-refractivity contribution in [2.24, 2.45) is 17.3 Å². The van der Waals surface area contributed by atoms with Crippen molar-refractivity contribution in [3.8, 4) is 5.75 Å². The minimum Gasteiger partial charge on any atom is -0.497 e. The Bertz CT molecular complexity index is 1120. The molecule has 0 aromatic heterocycles. The smallest absolute Gasteiger partial charge is 0.229 e. The first kappa shape index (κ1) is 25.4. The lowest BCUT2D eigenvalue weighted by molar-refractivity contribution is -0.139. The van der Waals surface area contributed by atoms with Gasteiger partial charge in [0.1, 0.15) is 5.75 Å². The Morgan fingerprint density at radius 3 is 2.32 bits per heavy atom. The zero-order valence-electron chi connectivity index (χ0n) is 22.7. The summed E-state index contributed by atoms with van der Waals surface area (Å²) in [6.45, 7) is 6.19. The number of amides is 2. The number of benzene rings is 2. The van der Waals surface area contributed by atoms with Gasteiger partial charge in [-0.05, 0) is 74.4 Å². The van der Waals surface area contributed by atoms with E-state index in [1.54, 1.807) is 7.11 Å². The SMILES string of the molecule is COc1ccc(CN2CCC3(CCN(CC4CN(C(=O)C5CCC5)CC4c4ccccc4)CC3)C2=O)cc1. The van der Waals surface area contributed by atoms with Crippen molar-refractivity contribution in [1.29, 1.82) is 0 Å². The number of piperidine rings is 1. The first-order valence-corrected chi connectivity index (χ1v) is 14.5. The molecule has 6 nitrogen and oxygen atoms in total. The van der Waals surface area contributed by atoms with Crippen LogP contribution in [0.5, 0.6) is 5.75 Å². The summed E-state index contributed by atoms with van der Waals surface area (Å²) in [6, 6.07) is 18.8. The van der Waals surface area contributed by atoms with Crippen molar-refractivity contribution < 1.29 is 14.3 Å². The summed E-state index contributed by atoms with van der Waals surface area (Å²) < 4.78 is 5.27. The minimum atomic E-state index is -0.191.